The summed E-state index contributed by atoms with van der Waals surface area (Å²) in [5.41, 5.74) is 4.35. The van der Waals surface area contributed by atoms with Crippen molar-refractivity contribution in [2.24, 2.45) is 5.92 Å². The van der Waals surface area contributed by atoms with Crippen molar-refractivity contribution in [1.29, 1.82) is 0 Å². The van der Waals surface area contributed by atoms with E-state index < -0.39 is 5.92 Å². The predicted molar refractivity (Wildman–Crippen MR) is 115 cm³/mol. The van der Waals surface area contributed by atoms with E-state index >= 15 is 0 Å². The molecule has 3 rings (SSSR count). The molecule has 154 valence electrons. The van der Waals surface area contributed by atoms with Gasteiger partial charge in [-0.1, -0.05) is 36.4 Å². The molecule has 1 heterocycles. The Morgan fingerprint density at radius 1 is 1.17 bits per heavy atom. The number of ether oxygens (including phenoxy) is 1. The lowest BCUT2D eigenvalue weighted by atomic mass is 10.1. The first-order valence-corrected chi connectivity index (χ1v) is 10.3. The van der Waals surface area contributed by atoms with Crippen LogP contribution in [0.15, 0.2) is 48.5 Å². The number of hydrogen-bond donors (Lipinski definition) is 1. The highest BCUT2D eigenvalue weighted by Crippen LogP contribution is 2.27. The molecule has 5 heteroatoms. The van der Waals surface area contributed by atoms with Crippen molar-refractivity contribution >= 4 is 17.5 Å². The SMILES string of the molecule is Cc1ccc(N2CCC(C(=O)NCCCOC(C)c3ccccc3)C2=O)cc1C. The average molecular weight is 395 g/mol. The number of aryl methyl sites for hydroxylation is 2. The third-order valence-corrected chi connectivity index (χ3v) is 5.58. The maximum absolute atomic E-state index is 12.7. The van der Waals surface area contributed by atoms with Crippen LogP contribution in [-0.4, -0.2) is 31.5 Å². The summed E-state index contributed by atoms with van der Waals surface area (Å²) in [4.78, 5) is 26.9. The van der Waals surface area contributed by atoms with Crippen molar-refractivity contribution in [3.8, 4) is 0 Å². The lowest BCUT2D eigenvalue weighted by Gasteiger charge is -2.18. The van der Waals surface area contributed by atoms with Crippen LogP contribution in [0, 0.1) is 19.8 Å². The fourth-order valence-corrected chi connectivity index (χ4v) is 3.56. The molecule has 0 radical (unpaired) electrons. The number of amides is 2. The molecule has 1 fully saturated rings. The summed E-state index contributed by atoms with van der Waals surface area (Å²) in [6.07, 6.45) is 1.29. The van der Waals surface area contributed by atoms with Gasteiger partial charge in [0.1, 0.15) is 5.92 Å². The molecule has 1 aliphatic heterocycles. The van der Waals surface area contributed by atoms with Crippen LogP contribution in [0.25, 0.3) is 0 Å². The highest BCUT2D eigenvalue weighted by Gasteiger charge is 2.37. The second kappa shape index (κ2) is 9.70. The van der Waals surface area contributed by atoms with Gasteiger partial charge in [0, 0.05) is 25.4 Å². The third kappa shape index (κ3) is 5.24. The summed E-state index contributed by atoms with van der Waals surface area (Å²) in [7, 11) is 0. The van der Waals surface area contributed by atoms with Crippen molar-refractivity contribution in [2.45, 2.75) is 39.7 Å². The average Bonchev–Trinajstić information content (AvgIpc) is 3.11. The molecule has 29 heavy (non-hydrogen) atoms. The highest BCUT2D eigenvalue weighted by molar-refractivity contribution is 6.09. The van der Waals surface area contributed by atoms with Crippen LogP contribution in [0.1, 0.15) is 42.6 Å². The van der Waals surface area contributed by atoms with Crippen LogP contribution >= 0.6 is 0 Å². The first-order chi connectivity index (χ1) is 14.0. The fourth-order valence-electron chi connectivity index (χ4n) is 3.56. The van der Waals surface area contributed by atoms with Gasteiger partial charge in [0.05, 0.1) is 6.10 Å². The third-order valence-electron chi connectivity index (χ3n) is 5.58. The van der Waals surface area contributed by atoms with Crippen molar-refractivity contribution in [2.75, 3.05) is 24.6 Å². The van der Waals surface area contributed by atoms with Crippen LogP contribution in [0.5, 0.6) is 0 Å². The molecule has 0 bridgehead atoms. The highest BCUT2D eigenvalue weighted by atomic mass is 16.5. The van der Waals surface area contributed by atoms with Crippen LogP contribution in [0.2, 0.25) is 0 Å². The topological polar surface area (TPSA) is 58.6 Å². The molecular weight excluding hydrogens is 364 g/mol. The van der Waals surface area contributed by atoms with Crippen molar-refractivity contribution < 1.29 is 14.3 Å². The molecule has 2 aromatic rings. The van der Waals surface area contributed by atoms with E-state index in [1.54, 1.807) is 4.90 Å². The lowest BCUT2D eigenvalue weighted by molar-refractivity contribution is -0.132. The van der Waals surface area contributed by atoms with E-state index in [2.05, 4.69) is 5.32 Å². The smallest absolute Gasteiger partial charge is 0.239 e. The van der Waals surface area contributed by atoms with Crippen LogP contribution in [0.4, 0.5) is 5.69 Å². The van der Waals surface area contributed by atoms with Gasteiger partial charge < -0.3 is 15.0 Å². The normalized spacial score (nSPS) is 17.4. The van der Waals surface area contributed by atoms with Crippen molar-refractivity contribution in [3.05, 3.63) is 65.2 Å². The molecule has 2 amide bonds. The number of nitrogens with one attached hydrogen (secondary N) is 1. The predicted octanol–water partition coefficient (Wildman–Crippen LogP) is 3.94. The Bertz CT molecular complexity index is 850. The summed E-state index contributed by atoms with van der Waals surface area (Å²) < 4.78 is 5.83. The van der Waals surface area contributed by atoms with E-state index in [-0.39, 0.29) is 17.9 Å². The Hall–Kier alpha value is -2.66. The van der Waals surface area contributed by atoms with E-state index in [1.165, 1.54) is 5.56 Å². The molecule has 0 aromatic heterocycles. The zero-order valence-corrected chi connectivity index (χ0v) is 17.5. The van der Waals surface area contributed by atoms with Crippen LogP contribution < -0.4 is 10.2 Å². The Morgan fingerprint density at radius 2 is 1.93 bits per heavy atom. The molecule has 0 saturated carbocycles. The molecule has 0 spiro atoms. The summed E-state index contributed by atoms with van der Waals surface area (Å²) in [6, 6.07) is 16.0. The quantitative estimate of drug-likeness (QED) is 0.545. The number of hydrogen-bond acceptors (Lipinski definition) is 3. The van der Waals surface area contributed by atoms with Gasteiger partial charge in [-0.2, -0.15) is 0 Å². The first-order valence-electron chi connectivity index (χ1n) is 10.3. The first kappa shape index (κ1) is 21.1. The minimum atomic E-state index is -0.597. The Morgan fingerprint density at radius 3 is 2.66 bits per heavy atom. The molecule has 2 unspecified atom stereocenters. The molecule has 2 aromatic carbocycles. The zero-order chi connectivity index (χ0) is 20.8. The van der Waals surface area contributed by atoms with Gasteiger partial charge in [-0.15, -0.1) is 0 Å². The van der Waals surface area contributed by atoms with Crippen LogP contribution in [0.3, 0.4) is 0 Å². The minimum Gasteiger partial charge on any atom is -0.374 e. The van der Waals surface area contributed by atoms with Crippen LogP contribution in [-0.2, 0) is 14.3 Å². The molecule has 1 aliphatic rings. The number of carbonyl (C=O) groups excluding carboxylic acids is 2. The van der Waals surface area contributed by atoms with E-state index in [0.29, 0.717) is 32.5 Å². The van der Waals surface area contributed by atoms with Gasteiger partial charge >= 0.3 is 0 Å². The Balaban J connectivity index is 1.42. The van der Waals surface area contributed by atoms with Gasteiger partial charge in [0.25, 0.3) is 0 Å². The Kier molecular flexibility index (Phi) is 7.04. The van der Waals surface area contributed by atoms with Gasteiger partial charge in [-0.25, -0.2) is 0 Å². The number of rotatable bonds is 8. The summed E-state index contributed by atoms with van der Waals surface area (Å²) in [5, 5.41) is 2.89. The number of anilines is 1. The summed E-state index contributed by atoms with van der Waals surface area (Å²) >= 11 is 0. The standard InChI is InChI=1S/C24H30N2O3/c1-17-10-11-21(16-18(17)2)26-14-12-22(24(26)28)23(27)25-13-7-15-29-19(3)20-8-5-4-6-9-20/h4-6,8-11,16,19,22H,7,12-15H2,1-3H3,(H,25,27). The van der Waals surface area contributed by atoms with Gasteiger partial charge in [-0.3, -0.25) is 9.59 Å². The molecule has 5 nitrogen and oxygen atoms in total. The van der Waals surface area contributed by atoms with Gasteiger partial charge in [0.2, 0.25) is 11.8 Å². The van der Waals surface area contributed by atoms with E-state index in [4.69, 9.17) is 4.74 Å². The van der Waals surface area contributed by atoms with E-state index in [9.17, 15) is 9.59 Å². The maximum atomic E-state index is 12.7. The largest absolute Gasteiger partial charge is 0.374 e. The van der Waals surface area contributed by atoms with E-state index in [0.717, 1.165) is 16.8 Å². The molecule has 0 aliphatic carbocycles. The van der Waals surface area contributed by atoms with Crippen molar-refractivity contribution in [1.82, 2.24) is 5.32 Å². The number of carbonyl (C=O) groups is 2. The van der Waals surface area contributed by atoms with E-state index in [1.807, 2.05) is 69.3 Å². The van der Waals surface area contributed by atoms with Gasteiger partial charge in [0.15, 0.2) is 0 Å². The lowest BCUT2D eigenvalue weighted by Crippen LogP contribution is -2.37. The zero-order valence-electron chi connectivity index (χ0n) is 17.5. The van der Waals surface area contributed by atoms with Crippen molar-refractivity contribution in [3.63, 3.8) is 0 Å². The molecular formula is C24H30N2O3. The second-order valence-electron chi connectivity index (χ2n) is 7.67. The second-order valence-corrected chi connectivity index (χ2v) is 7.67. The maximum Gasteiger partial charge on any atom is 0.239 e. The van der Waals surface area contributed by atoms with Gasteiger partial charge in [-0.05, 0) is 62.4 Å². The summed E-state index contributed by atoms with van der Waals surface area (Å²) in [6.45, 7) is 7.75. The number of nitrogens with zero attached hydrogens (tertiary/aromatic N) is 1. The fraction of sp³-hybridized carbons (Fsp3) is 0.417. The summed E-state index contributed by atoms with van der Waals surface area (Å²) in [5.74, 6) is -0.891. The molecule has 1 saturated heterocycles. The molecule has 1 N–H and O–H groups in total. The minimum absolute atomic E-state index is 0.0230. The number of benzene rings is 2. The Labute approximate surface area is 173 Å². The monoisotopic (exact) mass is 394 g/mol. The molecule has 2 atom stereocenters.